The summed E-state index contributed by atoms with van der Waals surface area (Å²) >= 11 is 0. The highest BCUT2D eigenvalue weighted by Crippen LogP contribution is 2.17. The van der Waals surface area contributed by atoms with E-state index in [2.05, 4.69) is 29.5 Å². The zero-order chi connectivity index (χ0) is 19.9. The van der Waals surface area contributed by atoms with Crippen LogP contribution in [0.25, 0.3) is 0 Å². The Labute approximate surface area is 164 Å². The van der Waals surface area contributed by atoms with Gasteiger partial charge in [0.25, 0.3) is 11.8 Å². The van der Waals surface area contributed by atoms with E-state index >= 15 is 0 Å². The molecule has 0 bridgehead atoms. The lowest BCUT2D eigenvalue weighted by Gasteiger charge is -2.09. The van der Waals surface area contributed by atoms with Crippen molar-refractivity contribution in [3.63, 3.8) is 0 Å². The Hall–Kier alpha value is -3.47. The smallest absolute Gasteiger partial charge is 0.270 e. The molecular weight excluding hydrogens is 350 g/mol. The van der Waals surface area contributed by atoms with Gasteiger partial charge in [0.2, 0.25) is 0 Å². The maximum Gasteiger partial charge on any atom is 0.270 e. The Morgan fingerprint density at radius 3 is 2.32 bits per heavy atom. The van der Waals surface area contributed by atoms with Gasteiger partial charge in [0.15, 0.2) is 0 Å². The number of hydrogen-bond acceptors (Lipinski definition) is 3. The molecule has 0 unspecified atom stereocenters. The predicted molar refractivity (Wildman–Crippen MR) is 110 cm³/mol. The largest absolute Gasteiger partial charge is 0.347 e. The highest BCUT2D eigenvalue weighted by molar-refractivity contribution is 6.05. The number of benzene rings is 2. The van der Waals surface area contributed by atoms with E-state index < -0.39 is 0 Å². The molecule has 0 aliphatic rings. The molecule has 5 heteroatoms. The van der Waals surface area contributed by atoms with Crippen LogP contribution in [0.4, 0.5) is 5.69 Å². The van der Waals surface area contributed by atoms with Crippen LogP contribution in [0.3, 0.4) is 0 Å². The van der Waals surface area contributed by atoms with Gasteiger partial charge in [0.05, 0.1) is 0 Å². The monoisotopic (exact) mass is 373 g/mol. The average molecular weight is 373 g/mol. The minimum atomic E-state index is -0.320. The third kappa shape index (κ3) is 5.04. The molecule has 1 heterocycles. The number of anilines is 1. The number of nitrogens with one attached hydrogen (secondary N) is 2. The molecule has 142 valence electrons. The van der Waals surface area contributed by atoms with Crippen molar-refractivity contribution in [3.8, 4) is 0 Å². The first-order chi connectivity index (χ1) is 13.5. The summed E-state index contributed by atoms with van der Waals surface area (Å²) in [6.07, 6.45) is 1.47. The zero-order valence-electron chi connectivity index (χ0n) is 16.0. The number of nitrogens with zero attached hydrogens (tertiary/aromatic N) is 1. The molecule has 0 aliphatic heterocycles. The lowest BCUT2D eigenvalue weighted by molar-refractivity contribution is 0.0946. The summed E-state index contributed by atoms with van der Waals surface area (Å²) in [6, 6.07) is 20.4. The summed E-state index contributed by atoms with van der Waals surface area (Å²) in [5.74, 6) is -0.168. The number of aromatic nitrogens is 1. The van der Waals surface area contributed by atoms with Crippen molar-refractivity contribution in [2.75, 3.05) is 5.32 Å². The molecule has 0 spiro atoms. The van der Waals surface area contributed by atoms with Crippen molar-refractivity contribution < 1.29 is 9.59 Å². The maximum atomic E-state index is 12.5. The Morgan fingerprint density at radius 2 is 1.64 bits per heavy atom. The standard InChI is InChI=1S/C23H23N3O2/c1-16(2)18-8-10-20(11-9-18)26-22(27)19-12-13-24-21(14-19)23(28)25-15-17-6-4-3-5-7-17/h3-14,16H,15H2,1-2H3,(H,25,28)(H,26,27). The van der Waals surface area contributed by atoms with Gasteiger partial charge in [-0.05, 0) is 41.3 Å². The maximum absolute atomic E-state index is 12.5. The van der Waals surface area contributed by atoms with E-state index in [1.807, 2.05) is 54.6 Å². The molecule has 3 aromatic rings. The Bertz CT molecular complexity index is 951. The fourth-order valence-corrected chi connectivity index (χ4v) is 2.72. The zero-order valence-corrected chi connectivity index (χ0v) is 16.0. The normalized spacial score (nSPS) is 10.5. The summed E-state index contributed by atoms with van der Waals surface area (Å²) in [5, 5.41) is 5.66. The summed E-state index contributed by atoms with van der Waals surface area (Å²) in [5.41, 5.74) is 3.50. The van der Waals surface area contributed by atoms with Gasteiger partial charge in [-0.25, -0.2) is 0 Å². The van der Waals surface area contributed by atoms with Gasteiger partial charge < -0.3 is 10.6 Å². The van der Waals surface area contributed by atoms with E-state index in [1.54, 1.807) is 6.07 Å². The van der Waals surface area contributed by atoms with Gasteiger partial charge in [-0.3, -0.25) is 14.6 Å². The van der Waals surface area contributed by atoms with Crippen LogP contribution in [0.5, 0.6) is 0 Å². The third-order valence-electron chi connectivity index (χ3n) is 4.39. The van der Waals surface area contributed by atoms with Crippen molar-refractivity contribution in [2.45, 2.75) is 26.3 Å². The number of hydrogen-bond donors (Lipinski definition) is 2. The molecule has 0 radical (unpaired) electrons. The molecule has 0 fully saturated rings. The fraction of sp³-hybridized carbons (Fsp3) is 0.174. The summed E-state index contributed by atoms with van der Waals surface area (Å²) in [4.78, 5) is 28.9. The third-order valence-corrected chi connectivity index (χ3v) is 4.39. The Morgan fingerprint density at radius 1 is 0.929 bits per heavy atom. The van der Waals surface area contributed by atoms with Crippen molar-refractivity contribution in [3.05, 3.63) is 95.3 Å². The lowest BCUT2D eigenvalue weighted by Crippen LogP contribution is -2.24. The fourth-order valence-electron chi connectivity index (χ4n) is 2.72. The Balaban J connectivity index is 1.64. The van der Waals surface area contributed by atoms with Crippen molar-refractivity contribution in [2.24, 2.45) is 0 Å². The molecule has 0 atom stereocenters. The van der Waals surface area contributed by atoms with Gasteiger partial charge in [-0.15, -0.1) is 0 Å². The first kappa shape index (κ1) is 19.3. The van der Waals surface area contributed by atoms with Crippen LogP contribution in [-0.4, -0.2) is 16.8 Å². The highest BCUT2D eigenvalue weighted by atomic mass is 16.2. The van der Waals surface area contributed by atoms with Crippen LogP contribution >= 0.6 is 0 Å². The van der Waals surface area contributed by atoms with E-state index in [0.29, 0.717) is 23.7 Å². The second-order valence-electron chi connectivity index (χ2n) is 6.83. The second-order valence-corrected chi connectivity index (χ2v) is 6.83. The molecule has 0 saturated carbocycles. The van der Waals surface area contributed by atoms with Crippen LogP contribution in [0.15, 0.2) is 72.9 Å². The molecule has 3 rings (SSSR count). The topological polar surface area (TPSA) is 71.1 Å². The van der Waals surface area contributed by atoms with Gasteiger partial charge in [-0.1, -0.05) is 56.3 Å². The predicted octanol–water partition coefficient (Wildman–Crippen LogP) is 4.39. The summed E-state index contributed by atoms with van der Waals surface area (Å²) < 4.78 is 0. The van der Waals surface area contributed by atoms with Gasteiger partial charge in [0, 0.05) is 24.0 Å². The highest BCUT2D eigenvalue weighted by Gasteiger charge is 2.12. The van der Waals surface area contributed by atoms with Crippen LogP contribution in [0.2, 0.25) is 0 Å². The van der Waals surface area contributed by atoms with Crippen molar-refractivity contribution >= 4 is 17.5 Å². The second kappa shape index (κ2) is 8.95. The molecule has 2 aromatic carbocycles. The molecule has 5 nitrogen and oxygen atoms in total. The van der Waals surface area contributed by atoms with Crippen LogP contribution < -0.4 is 10.6 Å². The van der Waals surface area contributed by atoms with Crippen molar-refractivity contribution in [1.82, 2.24) is 10.3 Å². The van der Waals surface area contributed by atoms with E-state index in [0.717, 1.165) is 5.56 Å². The Kier molecular flexibility index (Phi) is 6.17. The molecular formula is C23H23N3O2. The molecule has 2 amide bonds. The average Bonchev–Trinajstić information content (AvgIpc) is 2.73. The SMILES string of the molecule is CC(C)c1ccc(NC(=O)c2ccnc(C(=O)NCc3ccccc3)c2)cc1. The van der Waals surface area contributed by atoms with E-state index in [-0.39, 0.29) is 17.5 Å². The van der Waals surface area contributed by atoms with E-state index in [9.17, 15) is 9.59 Å². The first-order valence-electron chi connectivity index (χ1n) is 9.22. The quantitative estimate of drug-likeness (QED) is 0.673. The number of carbonyl (C=O) groups excluding carboxylic acids is 2. The lowest BCUT2D eigenvalue weighted by atomic mass is 10.0. The van der Waals surface area contributed by atoms with Crippen LogP contribution in [-0.2, 0) is 6.54 Å². The minimum absolute atomic E-state index is 0.207. The minimum Gasteiger partial charge on any atom is -0.347 e. The van der Waals surface area contributed by atoms with Gasteiger partial charge in [0.1, 0.15) is 5.69 Å². The number of pyridine rings is 1. The van der Waals surface area contributed by atoms with Crippen LogP contribution in [0, 0.1) is 0 Å². The number of amides is 2. The summed E-state index contributed by atoms with van der Waals surface area (Å²) in [7, 11) is 0. The van der Waals surface area contributed by atoms with Gasteiger partial charge >= 0.3 is 0 Å². The molecule has 2 N–H and O–H groups in total. The van der Waals surface area contributed by atoms with E-state index in [4.69, 9.17) is 0 Å². The number of carbonyl (C=O) groups is 2. The number of rotatable bonds is 6. The van der Waals surface area contributed by atoms with Gasteiger partial charge in [-0.2, -0.15) is 0 Å². The summed E-state index contributed by atoms with van der Waals surface area (Å²) in [6.45, 7) is 4.64. The van der Waals surface area contributed by atoms with Crippen molar-refractivity contribution in [1.29, 1.82) is 0 Å². The molecule has 28 heavy (non-hydrogen) atoms. The molecule has 0 aliphatic carbocycles. The first-order valence-corrected chi connectivity index (χ1v) is 9.22. The van der Waals surface area contributed by atoms with E-state index in [1.165, 1.54) is 17.8 Å². The molecule has 1 aromatic heterocycles. The van der Waals surface area contributed by atoms with Crippen LogP contribution in [0.1, 0.15) is 51.7 Å². The molecule has 0 saturated heterocycles.